The highest BCUT2D eigenvalue weighted by molar-refractivity contribution is 6.24. The molecule has 168 valence electrons. The minimum atomic E-state index is -1.03. The van der Waals surface area contributed by atoms with Crippen LogP contribution in [0.3, 0.4) is 0 Å². The van der Waals surface area contributed by atoms with Crippen molar-refractivity contribution in [1.29, 1.82) is 0 Å². The molecule has 4 amide bonds. The van der Waals surface area contributed by atoms with E-state index in [9.17, 15) is 24.0 Å². The van der Waals surface area contributed by atoms with Gasteiger partial charge in [-0.05, 0) is 24.5 Å². The van der Waals surface area contributed by atoms with Crippen molar-refractivity contribution in [2.75, 3.05) is 19.8 Å². The van der Waals surface area contributed by atoms with Crippen LogP contribution in [0.4, 0.5) is 0 Å². The summed E-state index contributed by atoms with van der Waals surface area (Å²) in [5.74, 6) is 3.22. The van der Waals surface area contributed by atoms with Crippen molar-refractivity contribution in [2.45, 2.75) is 39.2 Å². The minimum absolute atomic E-state index is 0.0279. The maximum atomic E-state index is 13.0. The quantitative estimate of drug-likeness (QED) is 0.291. The molecule has 2 aliphatic rings. The normalized spacial score (nSPS) is 17.7. The van der Waals surface area contributed by atoms with Crippen molar-refractivity contribution in [3.05, 3.63) is 34.9 Å². The van der Waals surface area contributed by atoms with Crippen LogP contribution in [0.1, 0.15) is 59.4 Å². The van der Waals surface area contributed by atoms with Crippen LogP contribution in [0.2, 0.25) is 0 Å². The second-order valence-corrected chi connectivity index (χ2v) is 7.86. The van der Waals surface area contributed by atoms with E-state index < -0.39 is 29.7 Å². The third-order valence-electron chi connectivity index (χ3n) is 4.89. The molecule has 2 heterocycles. The molecular weight excluding hydrogens is 416 g/mol. The third-order valence-corrected chi connectivity index (χ3v) is 4.89. The smallest absolute Gasteiger partial charge is 0.308 e. The number of ether oxygens (including phenoxy) is 2. The van der Waals surface area contributed by atoms with Gasteiger partial charge >= 0.3 is 5.97 Å². The maximum Gasteiger partial charge on any atom is 0.308 e. The van der Waals surface area contributed by atoms with E-state index in [1.54, 1.807) is 12.1 Å². The van der Waals surface area contributed by atoms with E-state index in [1.165, 1.54) is 6.07 Å². The molecule has 0 aromatic heterocycles. The summed E-state index contributed by atoms with van der Waals surface area (Å²) in [5, 5.41) is 2.16. The molecule has 3 rings (SSSR count). The number of hydrogen-bond acceptors (Lipinski definition) is 7. The van der Waals surface area contributed by atoms with E-state index in [1.807, 2.05) is 13.8 Å². The van der Waals surface area contributed by atoms with Crippen LogP contribution in [0.25, 0.3) is 0 Å². The van der Waals surface area contributed by atoms with Crippen molar-refractivity contribution < 1.29 is 33.4 Å². The number of nitrogens with zero attached hydrogens (tertiary/aromatic N) is 1. The predicted octanol–water partition coefficient (Wildman–Crippen LogP) is 1.05. The molecule has 0 radical (unpaired) electrons. The summed E-state index contributed by atoms with van der Waals surface area (Å²) < 4.78 is 10.4. The molecule has 1 N–H and O–H groups in total. The van der Waals surface area contributed by atoms with Crippen LogP contribution in [-0.2, 0) is 23.9 Å². The molecule has 1 atom stereocenters. The molecule has 0 saturated carbocycles. The van der Waals surface area contributed by atoms with Crippen molar-refractivity contribution in [3.63, 3.8) is 0 Å². The Morgan fingerprint density at radius 3 is 2.72 bits per heavy atom. The second kappa shape index (κ2) is 10.2. The number of carbonyl (C=O) groups excluding carboxylic acids is 5. The van der Waals surface area contributed by atoms with Crippen LogP contribution < -0.4 is 5.32 Å². The van der Waals surface area contributed by atoms with Gasteiger partial charge in [-0.3, -0.25) is 34.2 Å². The molecule has 9 nitrogen and oxygen atoms in total. The second-order valence-electron chi connectivity index (χ2n) is 7.86. The van der Waals surface area contributed by atoms with Crippen LogP contribution in [0, 0.1) is 17.8 Å². The highest BCUT2D eigenvalue weighted by Gasteiger charge is 2.45. The minimum Gasteiger partial charge on any atom is -0.465 e. The van der Waals surface area contributed by atoms with E-state index in [0.29, 0.717) is 12.2 Å². The van der Waals surface area contributed by atoms with Gasteiger partial charge in [0, 0.05) is 12.0 Å². The van der Waals surface area contributed by atoms with Crippen LogP contribution in [0.15, 0.2) is 18.2 Å². The first kappa shape index (κ1) is 23.2. The molecule has 1 saturated heterocycles. The Balaban J connectivity index is 1.62. The fourth-order valence-electron chi connectivity index (χ4n) is 3.36. The zero-order valence-corrected chi connectivity index (χ0v) is 17.9. The number of amides is 4. The van der Waals surface area contributed by atoms with Gasteiger partial charge in [-0.15, -0.1) is 0 Å². The predicted molar refractivity (Wildman–Crippen MR) is 111 cm³/mol. The lowest BCUT2D eigenvalue weighted by atomic mass is 10.0. The number of fused-ring (bicyclic) bond motifs is 1. The number of imide groups is 2. The average molecular weight is 440 g/mol. The van der Waals surface area contributed by atoms with Crippen LogP contribution in [0.5, 0.6) is 0 Å². The number of benzene rings is 1. The van der Waals surface area contributed by atoms with Gasteiger partial charge in [0.05, 0.1) is 30.8 Å². The molecule has 0 spiro atoms. The third kappa shape index (κ3) is 5.21. The molecule has 9 heteroatoms. The van der Waals surface area contributed by atoms with E-state index >= 15 is 0 Å². The summed E-state index contributed by atoms with van der Waals surface area (Å²) in [4.78, 5) is 61.7. The summed E-state index contributed by atoms with van der Waals surface area (Å²) in [5.41, 5.74) is 0.642. The zero-order chi connectivity index (χ0) is 23.3. The Labute approximate surface area is 185 Å². The van der Waals surface area contributed by atoms with E-state index in [2.05, 4.69) is 17.2 Å². The Bertz CT molecular complexity index is 1020. The topological polar surface area (TPSA) is 119 Å². The first-order chi connectivity index (χ1) is 15.3. The lowest BCUT2D eigenvalue weighted by Crippen LogP contribution is -2.54. The molecule has 1 aromatic rings. The number of esters is 1. The van der Waals surface area contributed by atoms with Crippen molar-refractivity contribution in [1.82, 2.24) is 10.2 Å². The van der Waals surface area contributed by atoms with Gasteiger partial charge in [0.2, 0.25) is 11.8 Å². The van der Waals surface area contributed by atoms with Gasteiger partial charge in [0.25, 0.3) is 11.8 Å². The van der Waals surface area contributed by atoms with Crippen molar-refractivity contribution >= 4 is 29.6 Å². The number of rotatable bonds is 7. The molecule has 1 fully saturated rings. The van der Waals surface area contributed by atoms with E-state index in [0.717, 1.165) is 4.90 Å². The van der Waals surface area contributed by atoms with Crippen molar-refractivity contribution in [2.24, 2.45) is 5.92 Å². The van der Waals surface area contributed by atoms with Gasteiger partial charge in [-0.2, -0.15) is 0 Å². The number of nitrogens with one attached hydrogen (secondary N) is 1. The van der Waals surface area contributed by atoms with E-state index in [-0.39, 0.29) is 55.5 Å². The van der Waals surface area contributed by atoms with Crippen molar-refractivity contribution in [3.8, 4) is 11.8 Å². The van der Waals surface area contributed by atoms with Gasteiger partial charge in [0.1, 0.15) is 12.6 Å². The standard InChI is InChI=1S/C23H24N2O7/c1-14(2)13-32-19(27)10-12-31-11-4-6-15-5-3-7-16-20(15)23(30)25(22(16)29)17-8-9-18(26)24-21(17)28/h3,5,7,14,17H,8-13H2,1-2H3,(H,24,26,28). The first-order valence-electron chi connectivity index (χ1n) is 10.4. The fraction of sp³-hybridized carbons (Fsp3) is 0.435. The molecule has 0 aliphatic carbocycles. The number of piperidine rings is 1. The SMILES string of the molecule is CC(C)COC(=O)CCOCC#Cc1cccc2c1C(=O)N(C1CCC(=O)NC1=O)C2=O. The summed E-state index contributed by atoms with van der Waals surface area (Å²) in [6.07, 6.45) is 0.256. The summed E-state index contributed by atoms with van der Waals surface area (Å²) in [6.45, 7) is 4.43. The molecule has 32 heavy (non-hydrogen) atoms. The highest BCUT2D eigenvalue weighted by atomic mass is 16.5. The first-order valence-corrected chi connectivity index (χ1v) is 10.4. The largest absolute Gasteiger partial charge is 0.465 e. The molecule has 1 unspecified atom stereocenters. The van der Waals surface area contributed by atoms with Gasteiger partial charge in [-0.1, -0.05) is 31.8 Å². The Morgan fingerprint density at radius 2 is 2.00 bits per heavy atom. The average Bonchev–Trinajstić information content (AvgIpc) is 3.00. The van der Waals surface area contributed by atoms with E-state index in [4.69, 9.17) is 9.47 Å². The highest BCUT2D eigenvalue weighted by Crippen LogP contribution is 2.29. The molecular formula is C23H24N2O7. The van der Waals surface area contributed by atoms with Gasteiger partial charge in [-0.25, -0.2) is 0 Å². The summed E-state index contributed by atoms with van der Waals surface area (Å²) in [6, 6.07) is 3.69. The molecule has 1 aromatic carbocycles. The van der Waals surface area contributed by atoms with Crippen LogP contribution >= 0.6 is 0 Å². The maximum absolute atomic E-state index is 13.0. The van der Waals surface area contributed by atoms with Gasteiger partial charge in [0.15, 0.2) is 0 Å². The lowest BCUT2D eigenvalue weighted by Gasteiger charge is -2.27. The van der Waals surface area contributed by atoms with Gasteiger partial charge < -0.3 is 9.47 Å². The lowest BCUT2D eigenvalue weighted by molar-refractivity contribution is -0.145. The van der Waals surface area contributed by atoms with Crippen LogP contribution in [-0.4, -0.2) is 60.4 Å². The Hall–Kier alpha value is -3.51. The Morgan fingerprint density at radius 1 is 1.22 bits per heavy atom. The monoisotopic (exact) mass is 440 g/mol. The zero-order valence-electron chi connectivity index (χ0n) is 17.9. The number of carbonyl (C=O) groups is 5. The summed E-state index contributed by atoms with van der Waals surface area (Å²) >= 11 is 0. The Kier molecular flexibility index (Phi) is 7.38. The number of hydrogen-bond donors (Lipinski definition) is 1. The fourth-order valence-corrected chi connectivity index (χ4v) is 3.36. The molecule has 2 aliphatic heterocycles. The molecule has 0 bridgehead atoms. The summed E-state index contributed by atoms with van der Waals surface area (Å²) in [7, 11) is 0.